The van der Waals surface area contributed by atoms with E-state index in [0.29, 0.717) is 9.87 Å². The van der Waals surface area contributed by atoms with E-state index >= 15 is 0 Å². The number of halogens is 1. The molecule has 0 spiro atoms. The second-order valence-corrected chi connectivity index (χ2v) is 8.20. The lowest BCUT2D eigenvalue weighted by atomic mass is 9.80. The van der Waals surface area contributed by atoms with Crippen LogP contribution in [0.4, 0.5) is 4.39 Å². The summed E-state index contributed by atoms with van der Waals surface area (Å²) in [6, 6.07) is 11.8. The van der Waals surface area contributed by atoms with Gasteiger partial charge in [-0.3, -0.25) is 9.59 Å². The fourth-order valence-electron chi connectivity index (χ4n) is 2.76. The normalized spacial score (nSPS) is 16.0. The number of ketones is 1. The average molecular weight is 361 g/mol. The van der Waals surface area contributed by atoms with Crippen molar-refractivity contribution in [1.82, 2.24) is 4.31 Å². The largest absolute Gasteiger partial charge is 0.297 e. The molecule has 0 fully saturated rings. The topological polar surface area (TPSA) is 71.5 Å². The molecule has 0 aromatic heterocycles. The van der Waals surface area contributed by atoms with Crippen molar-refractivity contribution in [3.63, 3.8) is 0 Å². The summed E-state index contributed by atoms with van der Waals surface area (Å²) >= 11 is 0. The van der Waals surface area contributed by atoms with E-state index in [4.69, 9.17) is 0 Å². The standard InChI is InChI=1S/C18H16FNO4S/c1-18(2,12-6-4-3-5-7-12)16(21)11-20-17(22)14-10-13(19)8-9-15(14)25(20,23)24/h3-10H,11H2,1-2H3. The van der Waals surface area contributed by atoms with Crippen molar-refractivity contribution in [1.29, 1.82) is 0 Å². The van der Waals surface area contributed by atoms with Gasteiger partial charge in [0.2, 0.25) is 0 Å². The Balaban J connectivity index is 1.94. The quantitative estimate of drug-likeness (QED) is 0.839. The Morgan fingerprint density at radius 1 is 1.12 bits per heavy atom. The third kappa shape index (κ3) is 2.74. The van der Waals surface area contributed by atoms with Crippen LogP contribution in [-0.4, -0.2) is 31.0 Å². The van der Waals surface area contributed by atoms with Crippen molar-refractivity contribution in [3.8, 4) is 0 Å². The molecule has 7 heteroatoms. The molecule has 25 heavy (non-hydrogen) atoms. The number of hydrogen-bond donors (Lipinski definition) is 0. The molecule has 2 aromatic carbocycles. The van der Waals surface area contributed by atoms with E-state index in [0.717, 1.165) is 18.2 Å². The fraction of sp³-hybridized carbons (Fsp3) is 0.222. The predicted molar refractivity (Wildman–Crippen MR) is 89.1 cm³/mol. The fourth-order valence-corrected chi connectivity index (χ4v) is 4.26. The van der Waals surface area contributed by atoms with E-state index in [9.17, 15) is 22.4 Å². The van der Waals surface area contributed by atoms with Crippen molar-refractivity contribution < 1.29 is 22.4 Å². The van der Waals surface area contributed by atoms with Gasteiger partial charge in [-0.15, -0.1) is 0 Å². The number of Topliss-reactive ketones (excluding diaryl/α,β-unsaturated/α-hetero) is 1. The van der Waals surface area contributed by atoms with Crippen LogP contribution >= 0.6 is 0 Å². The van der Waals surface area contributed by atoms with Crippen molar-refractivity contribution in [2.24, 2.45) is 0 Å². The Kier molecular flexibility index (Phi) is 3.99. The molecule has 1 aliphatic heterocycles. The van der Waals surface area contributed by atoms with E-state index < -0.39 is 39.5 Å². The Morgan fingerprint density at radius 3 is 2.40 bits per heavy atom. The van der Waals surface area contributed by atoms with E-state index in [1.807, 2.05) is 6.07 Å². The molecule has 1 amide bonds. The van der Waals surface area contributed by atoms with Crippen LogP contribution in [0.5, 0.6) is 0 Å². The van der Waals surface area contributed by atoms with Gasteiger partial charge >= 0.3 is 0 Å². The highest BCUT2D eigenvalue weighted by Crippen LogP contribution is 2.32. The predicted octanol–water partition coefficient (Wildman–Crippen LogP) is 2.52. The van der Waals surface area contributed by atoms with Crippen molar-refractivity contribution in [3.05, 3.63) is 65.5 Å². The van der Waals surface area contributed by atoms with E-state index in [2.05, 4.69) is 0 Å². The average Bonchev–Trinajstić information content (AvgIpc) is 2.76. The molecule has 5 nitrogen and oxygen atoms in total. The Bertz CT molecular complexity index is 968. The first-order chi connectivity index (χ1) is 11.7. The zero-order valence-electron chi connectivity index (χ0n) is 13.7. The molecule has 3 rings (SSSR count). The smallest absolute Gasteiger partial charge is 0.269 e. The molecule has 0 radical (unpaired) electrons. The highest BCUT2D eigenvalue weighted by atomic mass is 32.2. The zero-order chi connectivity index (χ0) is 18.4. The van der Waals surface area contributed by atoms with Gasteiger partial charge in [-0.05, 0) is 37.6 Å². The van der Waals surface area contributed by atoms with Crippen LogP contribution in [0.2, 0.25) is 0 Å². The van der Waals surface area contributed by atoms with Crippen LogP contribution < -0.4 is 0 Å². The van der Waals surface area contributed by atoms with Gasteiger partial charge in [0.25, 0.3) is 15.9 Å². The number of nitrogens with zero attached hydrogens (tertiary/aromatic N) is 1. The molecule has 130 valence electrons. The summed E-state index contributed by atoms with van der Waals surface area (Å²) in [5.41, 5.74) is -0.505. The van der Waals surface area contributed by atoms with Crippen molar-refractivity contribution >= 4 is 21.7 Å². The highest BCUT2D eigenvalue weighted by Gasteiger charge is 2.44. The van der Waals surface area contributed by atoms with Crippen LogP contribution in [0.15, 0.2) is 53.4 Å². The summed E-state index contributed by atoms with van der Waals surface area (Å²) in [5.74, 6) is -2.02. The van der Waals surface area contributed by atoms with Gasteiger partial charge in [-0.2, -0.15) is 0 Å². The van der Waals surface area contributed by atoms with Gasteiger partial charge in [-0.1, -0.05) is 30.3 Å². The molecule has 2 aromatic rings. The van der Waals surface area contributed by atoms with Crippen LogP contribution in [-0.2, 0) is 20.2 Å². The molecule has 1 heterocycles. The summed E-state index contributed by atoms with van der Waals surface area (Å²) in [6.07, 6.45) is 0. The van der Waals surface area contributed by atoms with Crippen LogP contribution in [0.1, 0.15) is 29.8 Å². The van der Waals surface area contributed by atoms with Gasteiger partial charge in [0.05, 0.1) is 17.5 Å². The molecule has 0 aliphatic carbocycles. The van der Waals surface area contributed by atoms with Gasteiger partial charge < -0.3 is 0 Å². The first-order valence-electron chi connectivity index (χ1n) is 7.61. The Labute approximate surface area is 145 Å². The van der Waals surface area contributed by atoms with E-state index in [-0.39, 0.29) is 10.5 Å². The maximum Gasteiger partial charge on any atom is 0.269 e. The van der Waals surface area contributed by atoms with Crippen molar-refractivity contribution in [2.75, 3.05) is 6.54 Å². The second kappa shape index (κ2) is 5.77. The maximum absolute atomic E-state index is 13.4. The molecule has 0 bridgehead atoms. The number of benzene rings is 2. The number of amides is 1. The second-order valence-electron chi connectivity index (χ2n) is 6.37. The zero-order valence-corrected chi connectivity index (χ0v) is 14.5. The summed E-state index contributed by atoms with van der Waals surface area (Å²) in [7, 11) is -4.15. The number of rotatable bonds is 4. The first kappa shape index (κ1) is 17.3. The van der Waals surface area contributed by atoms with Gasteiger partial charge in [0, 0.05) is 0 Å². The van der Waals surface area contributed by atoms with Crippen LogP contribution in [0.25, 0.3) is 0 Å². The lowest BCUT2D eigenvalue weighted by Crippen LogP contribution is -2.42. The van der Waals surface area contributed by atoms with Crippen molar-refractivity contribution in [2.45, 2.75) is 24.2 Å². The molecule has 0 saturated heterocycles. The lowest BCUT2D eigenvalue weighted by Gasteiger charge is -2.26. The molecular formula is C18H16FNO4S. The monoisotopic (exact) mass is 361 g/mol. The minimum absolute atomic E-state index is 0.245. The number of hydrogen-bond acceptors (Lipinski definition) is 4. The molecule has 0 unspecified atom stereocenters. The van der Waals surface area contributed by atoms with Crippen LogP contribution in [0, 0.1) is 5.82 Å². The highest BCUT2D eigenvalue weighted by molar-refractivity contribution is 7.90. The SMILES string of the molecule is CC(C)(C(=O)CN1C(=O)c2cc(F)ccc2S1(=O)=O)c1ccccc1. The van der Waals surface area contributed by atoms with Gasteiger partial charge in [-0.25, -0.2) is 17.1 Å². The lowest BCUT2D eigenvalue weighted by molar-refractivity contribution is -0.123. The maximum atomic E-state index is 13.4. The minimum atomic E-state index is -4.15. The number of carbonyl (C=O) groups excluding carboxylic acids is 2. The van der Waals surface area contributed by atoms with Gasteiger partial charge in [0.15, 0.2) is 5.78 Å². The Morgan fingerprint density at radius 2 is 1.76 bits per heavy atom. The number of carbonyl (C=O) groups is 2. The molecule has 0 saturated carbocycles. The molecular weight excluding hydrogens is 345 g/mol. The summed E-state index contributed by atoms with van der Waals surface area (Å²) in [6.45, 7) is 2.74. The number of fused-ring (bicyclic) bond motifs is 1. The van der Waals surface area contributed by atoms with Crippen LogP contribution in [0.3, 0.4) is 0 Å². The first-order valence-corrected chi connectivity index (χ1v) is 9.05. The molecule has 0 N–H and O–H groups in total. The number of sulfonamides is 1. The molecule has 1 aliphatic rings. The third-order valence-corrected chi connectivity index (χ3v) is 6.23. The third-order valence-electron chi connectivity index (χ3n) is 4.45. The Hall–Kier alpha value is -2.54. The van der Waals surface area contributed by atoms with Gasteiger partial charge in [0.1, 0.15) is 10.7 Å². The van der Waals surface area contributed by atoms with E-state index in [1.54, 1.807) is 38.1 Å². The molecule has 0 atom stereocenters. The minimum Gasteiger partial charge on any atom is -0.297 e. The van der Waals surface area contributed by atoms with E-state index in [1.165, 1.54) is 0 Å². The summed E-state index contributed by atoms with van der Waals surface area (Å²) in [4.78, 5) is 24.9. The summed E-state index contributed by atoms with van der Waals surface area (Å²) in [5, 5.41) is 0. The summed E-state index contributed by atoms with van der Waals surface area (Å²) < 4.78 is 38.9.